The number of hydrogen-bond donors (Lipinski definition) is 2. The van der Waals surface area contributed by atoms with Crippen molar-refractivity contribution in [3.63, 3.8) is 0 Å². The summed E-state index contributed by atoms with van der Waals surface area (Å²) in [6.45, 7) is 5.39. The van der Waals surface area contributed by atoms with E-state index >= 15 is 0 Å². The minimum Gasteiger partial charge on any atom is -0.326 e. The maximum Gasteiger partial charge on any atom is 0.241 e. The highest BCUT2D eigenvalue weighted by atomic mass is 32.2. The molecule has 0 saturated heterocycles. The third-order valence-electron chi connectivity index (χ3n) is 3.55. The third-order valence-corrected chi connectivity index (χ3v) is 4.97. The SMILES string of the molecule is CC(C)(C)[C@H](C#N)NS(=O)(=O)c1ccc2c(c1)CCC(=O)N2. The van der Waals surface area contributed by atoms with E-state index < -0.39 is 21.5 Å². The second kappa shape index (κ2) is 5.71. The van der Waals surface area contributed by atoms with Crippen LogP contribution in [0.15, 0.2) is 23.1 Å². The largest absolute Gasteiger partial charge is 0.326 e. The normalized spacial score (nSPS) is 16.4. The van der Waals surface area contributed by atoms with Crippen molar-refractivity contribution in [2.75, 3.05) is 5.32 Å². The van der Waals surface area contributed by atoms with Gasteiger partial charge in [-0.15, -0.1) is 0 Å². The van der Waals surface area contributed by atoms with Gasteiger partial charge in [0, 0.05) is 12.1 Å². The van der Waals surface area contributed by atoms with Gasteiger partial charge in [-0.2, -0.15) is 9.98 Å². The molecule has 1 aromatic rings. The molecule has 1 heterocycles. The minimum absolute atomic E-state index is 0.0708. The number of amides is 1. The molecule has 2 N–H and O–H groups in total. The summed E-state index contributed by atoms with van der Waals surface area (Å²) in [5.41, 5.74) is 0.916. The highest BCUT2D eigenvalue weighted by Crippen LogP contribution is 2.26. The van der Waals surface area contributed by atoms with E-state index in [1.807, 2.05) is 6.07 Å². The number of nitriles is 1. The van der Waals surface area contributed by atoms with E-state index in [9.17, 15) is 13.2 Å². The molecule has 0 bridgehead atoms. The van der Waals surface area contributed by atoms with Gasteiger partial charge in [0.2, 0.25) is 15.9 Å². The molecule has 1 aromatic carbocycles. The number of hydrogen-bond acceptors (Lipinski definition) is 4. The van der Waals surface area contributed by atoms with E-state index in [4.69, 9.17) is 5.26 Å². The average Bonchev–Trinajstić information content (AvgIpc) is 2.42. The van der Waals surface area contributed by atoms with Crippen molar-refractivity contribution < 1.29 is 13.2 Å². The molecule has 1 atom stereocenters. The van der Waals surface area contributed by atoms with Crippen LogP contribution in [0.25, 0.3) is 0 Å². The number of benzene rings is 1. The first-order valence-electron chi connectivity index (χ1n) is 6.98. The van der Waals surface area contributed by atoms with Gasteiger partial charge in [-0.25, -0.2) is 8.42 Å². The summed E-state index contributed by atoms with van der Waals surface area (Å²) in [6, 6.07) is 5.73. The number of carbonyl (C=O) groups excluding carboxylic acids is 1. The van der Waals surface area contributed by atoms with E-state index in [1.165, 1.54) is 6.07 Å². The first-order valence-corrected chi connectivity index (χ1v) is 8.46. The van der Waals surface area contributed by atoms with E-state index in [1.54, 1.807) is 32.9 Å². The highest BCUT2D eigenvalue weighted by molar-refractivity contribution is 7.89. The molecule has 0 aliphatic carbocycles. The van der Waals surface area contributed by atoms with Gasteiger partial charge in [0.15, 0.2) is 0 Å². The Morgan fingerprint density at radius 2 is 2.00 bits per heavy atom. The smallest absolute Gasteiger partial charge is 0.241 e. The number of nitrogens with one attached hydrogen (secondary N) is 2. The van der Waals surface area contributed by atoms with Gasteiger partial charge in [-0.3, -0.25) is 4.79 Å². The minimum atomic E-state index is -3.79. The fourth-order valence-corrected chi connectivity index (χ4v) is 3.54. The lowest BCUT2D eigenvalue weighted by molar-refractivity contribution is -0.116. The van der Waals surface area contributed by atoms with Crippen LogP contribution in [0.1, 0.15) is 32.8 Å². The van der Waals surface area contributed by atoms with E-state index in [-0.39, 0.29) is 10.8 Å². The van der Waals surface area contributed by atoms with E-state index in [0.29, 0.717) is 18.5 Å². The maximum atomic E-state index is 12.4. The molecule has 0 fully saturated rings. The van der Waals surface area contributed by atoms with Gasteiger partial charge in [0.1, 0.15) is 6.04 Å². The van der Waals surface area contributed by atoms with Gasteiger partial charge < -0.3 is 5.32 Å². The van der Waals surface area contributed by atoms with Crippen LogP contribution in [0.5, 0.6) is 0 Å². The van der Waals surface area contributed by atoms with Crippen LogP contribution in [0, 0.1) is 16.7 Å². The number of fused-ring (bicyclic) bond motifs is 1. The lowest BCUT2D eigenvalue weighted by atomic mass is 9.88. The number of carbonyl (C=O) groups is 1. The first-order chi connectivity index (χ1) is 10.1. The van der Waals surface area contributed by atoms with Gasteiger partial charge in [0.25, 0.3) is 0 Å². The summed E-state index contributed by atoms with van der Waals surface area (Å²) in [5, 5.41) is 11.9. The van der Waals surface area contributed by atoms with Gasteiger partial charge in [-0.1, -0.05) is 20.8 Å². The van der Waals surface area contributed by atoms with Crippen LogP contribution in [0.3, 0.4) is 0 Å². The quantitative estimate of drug-likeness (QED) is 0.886. The van der Waals surface area contributed by atoms with Crippen molar-refractivity contribution in [1.82, 2.24) is 4.72 Å². The Balaban J connectivity index is 2.31. The van der Waals surface area contributed by atoms with Crippen molar-refractivity contribution in [1.29, 1.82) is 5.26 Å². The monoisotopic (exact) mass is 321 g/mol. The Morgan fingerprint density at radius 1 is 1.32 bits per heavy atom. The molecule has 0 aromatic heterocycles. The highest BCUT2D eigenvalue weighted by Gasteiger charge is 2.30. The Kier molecular flexibility index (Phi) is 4.27. The Hall–Kier alpha value is -1.91. The van der Waals surface area contributed by atoms with Crippen molar-refractivity contribution >= 4 is 21.6 Å². The van der Waals surface area contributed by atoms with E-state index in [2.05, 4.69) is 10.0 Å². The lowest BCUT2D eigenvalue weighted by Gasteiger charge is -2.25. The summed E-state index contributed by atoms with van der Waals surface area (Å²) in [6.07, 6.45) is 0.845. The average molecular weight is 321 g/mol. The van der Waals surface area contributed by atoms with Crippen LogP contribution >= 0.6 is 0 Å². The number of rotatable bonds is 3. The molecule has 22 heavy (non-hydrogen) atoms. The predicted octanol–water partition coefficient (Wildman–Crippen LogP) is 1.79. The predicted molar refractivity (Wildman–Crippen MR) is 82.6 cm³/mol. The molecule has 0 radical (unpaired) electrons. The molecule has 6 nitrogen and oxygen atoms in total. The summed E-state index contributed by atoms with van der Waals surface area (Å²) >= 11 is 0. The number of nitrogens with zero attached hydrogens (tertiary/aromatic N) is 1. The second-order valence-electron chi connectivity index (χ2n) is 6.42. The molecule has 1 aliphatic heterocycles. The standard InChI is InChI=1S/C15H19N3O3S/c1-15(2,3)13(9-16)18-22(20,21)11-5-6-12-10(8-11)4-7-14(19)17-12/h5-6,8,13,18H,4,7H2,1-3H3,(H,17,19)/t13-/m0/s1. The molecular weight excluding hydrogens is 302 g/mol. The summed E-state index contributed by atoms with van der Waals surface area (Å²) < 4.78 is 27.3. The Labute approximate surface area is 130 Å². The molecule has 1 aliphatic rings. The summed E-state index contributed by atoms with van der Waals surface area (Å²) in [5.74, 6) is -0.0708. The molecule has 1 amide bonds. The summed E-state index contributed by atoms with van der Waals surface area (Å²) in [4.78, 5) is 11.4. The zero-order chi connectivity index (χ0) is 16.5. The molecule has 0 saturated carbocycles. The fourth-order valence-electron chi connectivity index (χ4n) is 2.15. The van der Waals surface area contributed by atoms with Crippen LogP contribution < -0.4 is 10.0 Å². The van der Waals surface area contributed by atoms with Crippen LogP contribution in [0.4, 0.5) is 5.69 Å². The lowest BCUT2D eigenvalue weighted by Crippen LogP contribution is -2.42. The van der Waals surface area contributed by atoms with E-state index in [0.717, 1.165) is 5.56 Å². The number of aryl methyl sites for hydroxylation is 1. The van der Waals surface area contributed by atoms with Crippen LogP contribution in [0.2, 0.25) is 0 Å². The molecule has 0 unspecified atom stereocenters. The third kappa shape index (κ3) is 3.46. The number of sulfonamides is 1. The van der Waals surface area contributed by atoms with Gasteiger partial charge >= 0.3 is 0 Å². The molecule has 7 heteroatoms. The fraction of sp³-hybridized carbons (Fsp3) is 0.467. The number of anilines is 1. The Bertz CT molecular complexity index is 742. The van der Waals surface area contributed by atoms with Gasteiger partial charge in [0.05, 0.1) is 11.0 Å². The topological polar surface area (TPSA) is 99.1 Å². The zero-order valence-corrected chi connectivity index (χ0v) is 13.6. The van der Waals surface area contributed by atoms with Crippen molar-refractivity contribution in [2.24, 2.45) is 5.41 Å². The zero-order valence-electron chi connectivity index (χ0n) is 12.8. The van der Waals surface area contributed by atoms with Crippen LogP contribution in [-0.2, 0) is 21.2 Å². The molecule has 118 valence electrons. The van der Waals surface area contributed by atoms with Gasteiger partial charge in [-0.05, 0) is 35.6 Å². The molecule has 2 rings (SSSR count). The second-order valence-corrected chi connectivity index (χ2v) is 8.13. The van der Waals surface area contributed by atoms with Crippen molar-refractivity contribution in [3.8, 4) is 6.07 Å². The van der Waals surface area contributed by atoms with Crippen molar-refractivity contribution in [2.45, 2.75) is 44.6 Å². The van der Waals surface area contributed by atoms with Crippen molar-refractivity contribution in [3.05, 3.63) is 23.8 Å². The molecular formula is C15H19N3O3S. The Morgan fingerprint density at radius 3 is 2.59 bits per heavy atom. The van der Waals surface area contributed by atoms with Crippen LogP contribution in [-0.4, -0.2) is 20.4 Å². The summed E-state index contributed by atoms with van der Waals surface area (Å²) in [7, 11) is -3.79. The maximum absolute atomic E-state index is 12.4. The first kappa shape index (κ1) is 16.5. The molecule has 0 spiro atoms.